The second-order valence-electron chi connectivity index (χ2n) is 7.19. The van der Waals surface area contributed by atoms with Crippen molar-refractivity contribution in [2.24, 2.45) is 0 Å². The lowest BCUT2D eigenvalue weighted by atomic mass is 9.85. The molecule has 1 aliphatic carbocycles. The molecule has 7 heteroatoms. The second-order valence-corrected chi connectivity index (χ2v) is 7.19. The Bertz CT molecular complexity index is 786. The van der Waals surface area contributed by atoms with Gasteiger partial charge in [-0.15, -0.1) is 0 Å². The van der Waals surface area contributed by atoms with Gasteiger partial charge in [-0.2, -0.15) is 0 Å². The van der Waals surface area contributed by atoms with E-state index in [2.05, 4.69) is 32.6 Å². The molecule has 0 unspecified atom stereocenters. The molecule has 2 N–H and O–H groups in total. The predicted octanol–water partition coefficient (Wildman–Crippen LogP) is 1.44. The summed E-state index contributed by atoms with van der Waals surface area (Å²) in [5.41, 5.74) is 8.28. The van der Waals surface area contributed by atoms with Crippen LogP contribution in [0.1, 0.15) is 38.3 Å². The van der Waals surface area contributed by atoms with Gasteiger partial charge in [0, 0.05) is 51.4 Å². The maximum Gasteiger partial charge on any atom is 0.219 e. The van der Waals surface area contributed by atoms with Gasteiger partial charge < -0.3 is 15.2 Å². The summed E-state index contributed by atoms with van der Waals surface area (Å²) in [6.45, 7) is 7.48. The summed E-state index contributed by atoms with van der Waals surface area (Å²) in [5.74, 6) is 0.770. The van der Waals surface area contributed by atoms with Crippen molar-refractivity contribution in [1.82, 2.24) is 24.3 Å². The van der Waals surface area contributed by atoms with Crippen LogP contribution in [0.3, 0.4) is 0 Å². The molecule has 0 spiro atoms. The fraction of sp³-hybridized carbons (Fsp3) is 0.611. The van der Waals surface area contributed by atoms with Crippen LogP contribution in [0.2, 0.25) is 0 Å². The topological polar surface area (TPSA) is 80.3 Å². The summed E-state index contributed by atoms with van der Waals surface area (Å²) in [7, 11) is 0. The first-order valence-corrected chi connectivity index (χ1v) is 9.18. The van der Waals surface area contributed by atoms with E-state index in [4.69, 9.17) is 5.73 Å². The van der Waals surface area contributed by atoms with Gasteiger partial charge in [0.05, 0.1) is 5.39 Å². The van der Waals surface area contributed by atoms with Gasteiger partial charge in [0.1, 0.15) is 17.8 Å². The SMILES string of the molecule is CCc1cn(C2CC(N3CCN(C(C)=O)CC3)C2)c2ncnc(N)c12. The summed E-state index contributed by atoms with van der Waals surface area (Å²) < 4.78 is 2.30. The van der Waals surface area contributed by atoms with Crippen molar-refractivity contribution in [3.63, 3.8) is 0 Å². The van der Waals surface area contributed by atoms with Gasteiger partial charge in [0.25, 0.3) is 0 Å². The summed E-state index contributed by atoms with van der Waals surface area (Å²) in [6.07, 6.45) is 6.98. The minimum absolute atomic E-state index is 0.189. The number of amides is 1. The maximum absolute atomic E-state index is 11.5. The molecule has 0 radical (unpaired) electrons. The Morgan fingerprint density at radius 3 is 2.56 bits per heavy atom. The number of piperazine rings is 1. The summed E-state index contributed by atoms with van der Waals surface area (Å²) in [6, 6.07) is 1.09. The minimum atomic E-state index is 0.189. The van der Waals surface area contributed by atoms with Crippen molar-refractivity contribution in [3.05, 3.63) is 18.1 Å². The average molecular weight is 342 g/mol. The fourth-order valence-corrected chi connectivity index (χ4v) is 4.22. The Labute approximate surface area is 147 Å². The van der Waals surface area contributed by atoms with Crippen LogP contribution in [0.25, 0.3) is 11.0 Å². The largest absolute Gasteiger partial charge is 0.383 e. The van der Waals surface area contributed by atoms with Crippen molar-refractivity contribution in [2.75, 3.05) is 31.9 Å². The lowest BCUT2D eigenvalue weighted by molar-refractivity contribution is -0.131. The highest BCUT2D eigenvalue weighted by Gasteiger charge is 2.37. The van der Waals surface area contributed by atoms with Crippen LogP contribution >= 0.6 is 0 Å². The van der Waals surface area contributed by atoms with Gasteiger partial charge in [0.2, 0.25) is 5.91 Å². The van der Waals surface area contributed by atoms with Crippen LogP contribution in [0.15, 0.2) is 12.5 Å². The van der Waals surface area contributed by atoms with Crippen LogP contribution in [0, 0.1) is 0 Å². The van der Waals surface area contributed by atoms with Gasteiger partial charge in [-0.3, -0.25) is 9.69 Å². The number of nitrogen functional groups attached to an aromatic ring is 1. The molecule has 2 aromatic rings. The zero-order chi connectivity index (χ0) is 17.6. The molecule has 2 aliphatic rings. The average Bonchev–Trinajstić information content (AvgIpc) is 2.94. The number of anilines is 1. The van der Waals surface area contributed by atoms with E-state index >= 15 is 0 Å². The number of carbonyl (C=O) groups is 1. The van der Waals surface area contributed by atoms with Gasteiger partial charge in [-0.1, -0.05) is 6.92 Å². The highest BCUT2D eigenvalue weighted by molar-refractivity contribution is 5.89. The van der Waals surface area contributed by atoms with E-state index in [0.29, 0.717) is 17.9 Å². The number of aromatic nitrogens is 3. The molecule has 7 nitrogen and oxygen atoms in total. The molecule has 0 bridgehead atoms. The molecule has 0 aromatic carbocycles. The van der Waals surface area contributed by atoms with E-state index < -0.39 is 0 Å². The summed E-state index contributed by atoms with van der Waals surface area (Å²) in [5, 5.41) is 1.02. The first-order valence-electron chi connectivity index (χ1n) is 9.18. The van der Waals surface area contributed by atoms with Crippen molar-refractivity contribution in [2.45, 2.75) is 45.2 Å². The van der Waals surface area contributed by atoms with Gasteiger partial charge in [-0.25, -0.2) is 9.97 Å². The molecular weight excluding hydrogens is 316 g/mol. The fourth-order valence-electron chi connectivity index (χ4n) is 4.22. The van der Waals surface area contributed by atoms with E-state index in [0.717, 1.165) is 56.5 Å². The molecule has 2 aromatic heterocycles. The zero-order valence-corrected chi connectivity index (χ0v) is 15.0. The third-order valence-electron chi connectivity index (χ3n) is 5.86. The predicted molar refractivity (Wildman–Crippen MR) is 97.2 cm³/mol. The van der Waals surface area contributed by atoms with Crippen molar-refractivity contribution in [1.29, 1.82) is 0 Å². The molecule has 2 fully saturated rings. The summed E-state index contributed by atoms with van der Waals surface area (Å²) >= 11 is 0. The molecule has 25 heavy (non-hydrogen) atoms. The molecule has 3 heterocycles. The van der Waals surface area contributed by atoms with Gasteiger partial charge in [-0.05, 0) is 24.8 Å². The number of rotatable bonds is 3. The van der Waals surface area contributed by atoms with E-state index in [-0.39, 0.29) is 5.91 Å². The first-order chi connectivity index (χ1) is 12.1. The summed E-state index contributed by atoms with van der Waals surface area (Å²) in [4.78, 5) is 24.6. The molecule has 1 amide bonds. The van der Waals surface area contributed by atoms with E-state index in [1.807, 2.05) is 4.90 Å². The van der Waals surface area contributed by atoms with E-state index in [1.165, 1.54) is 5.56 Å². The van der Waals surface area contributed by atoms with Crippen LogP contribution < -0.4 is 5.73 Å². The molecule has 1 aliphatic heterocycles. The highest BCUT2D eigenvalue weighted by Crippen LogP contribution is 2.39. The van der Waals surface area contributed by atoms with Crippen LogP contribution in [-0.4, -0.2) is 62.5 Å². The third kappa shape index (κ3) is 2.76. The Kier molecular flexibility index (Phi) is 4.11. The molecule has 1 saturated heterocycles. The highest BCUT2D eigenvalue weighted by atomic mass is 16.2. The number of nitrogens with zero attached hydrogens (tertiary/aromatic N) is 5. The van der Waals surface area contributed by atoms with E-state index in [9.17, 15) is 4.79 Å². The smallest absolute Gasteiger partial charge is 0.219 e. The maximum atomic E-state index is 11.5. The van der Waals surface area contributed by atoms with Crippen LogP contribution in [0.5, 0.6) is 0 Å². The standard InChI is InChI=1S/C18H26N6O/c1-3-13-10-24(18-16(13)17(19)20-11-21-18)15-8-14(9-15)23-6-4-22(5-7-23)12(2)25/h10-11,14-15H,3-9H2,1-2H3,(H2,19,20,21). The van der Waals surface area contributed by atoms with Crippen LogP contribution in [0.4, 0.5) is 5.82 Å². The number of aryl methyl sites for hydroxylation is 1. The third-order valence-corrected chi connectivity index (χ3v) is 5.86. The molecular formula is C18H26N6O. The van der Waals surface area contributed by atoms with Crippen molar-refractivity contribution >= 4 is 22.8 Å². The second kappa shape index (κ2) is 6.29. The quantitative estimate of drug-likeness (QED) is 0.913. The molecule has 0 atom stereocenters. The molecule has 134 valence electrons. The van der Waals surface area contributed by atoms with Crippen LogP contribution in [-0.2, 0) is 11.2 Å². The Morgan fingerprint density at radius 2 is 1.92 bits per heavy atom. The van der Waals surface area contributed by atoms with Gasteiger partial charge in [0.15, 0.2) is 0 Å². The lowest BCUT2D eigenvalue weighted by Gasteiger charge is -2.46. The number of nitrogens with two attached hydrogens (primary N) is 1. The monoisotopic (exact) mass is 342 g/mol. The van der Waals surface area contributed by atoms with Gasteiger partial charge >= 0.3 is 0 Å². The Morgan fingerprint density at radius 1 is 1.20 bits per heavy atom. The van der Waals surface area contributed by atoms with E-state index in [1.54, 1.807) is 13.3 Å². The Hall–Kier alpha value is -2.15. The number of hydrogen-bond acceptors (Lipinski definition) is 5. The van der Waals surface area contributed by atoms with Crippen molar-refractivity contribution in [3.8, 4) is 0 Å². The molecule has 4 rings (SSSR count). The lowest BCUT2D eigenvalue weighted by Crippen LogP contribution is -2.54. The minimum Gasteiger partial charge on any atom is -0.383 e. The molecule has 1 saturated carbocycles. The zero-order valence-electron chi connectivity index (χ0n) is 15.0. The first kappa shape index (κ1) is 16.3. The Balaban J connectivity index is 1.46. The number of carbonyl (C=O) groups excluding carboxylic acids is 1. The normalized spacial score (nSPS) is 24.5. The number of fused-ring (bicyclic) bond motifs is 1. The number of hydrogen-bond donors (Lipinski definition) is 1. The van der Waals surface area contributed by atoms with Crippen molar-refractivity contribution < 1.29 is 4.79 Å².